The number of aliphatic hydroxyl groups is 1. The molecule has 2 nitrogen and oxygen atoms in total. The van der Waals surface area contributed by atoms with Crippen molar-refractivity contribution in [2.24, 2.45) is 0 Å². The van der Waals surface area contributed by atoms with Gasteiger partial charge in [-0.2, -0.15) is 0 Å². The van der Waals surface area contributed by atoms with Gasteiger partial charge in [-0.05, 0) is 18.9 Å². The van der Waals surface area contributed by atoms with Crippen LogP contribution in [0.15, 0.2) is 41.7 Å². The molecule has 2 rings (SSSR count). The third kappa shape index (κ3) is 9.43. The highest BCUT2D eigenvalue weighted by Gasteiger charge is 2.42. The largest absolute Gasteiger partial charge is 0.510 e. The molecule has 1 aliphatic rings. The lowest BCUT2D eigenvalue weighted by molar-refractivity contribution is -0.107. The highest BCUT2D eigenvalue weighted by molar-refractivity contribution is 8.15. The number of rotatable bonds is 17. The number of carbonyl (C=O) groups is 1. The van der Waals surface area contributed by atoms with Crippen molar-refractivity contribution in [1.82, 2.24) is 0 Å². The van der Waals surface area contributed by atoms with Crippen LogP contribution in [0.3, 0.4) is 0 Å². The van der Waals surface area contributed by atoms with Crippen LogP contribution in [0.4, 0.5) is 0 Å². The predicted molar refractivity (Wildman–Crippen MR) is 136 cm³/mol. The first kappa shape index (κ1) is 26.0. The first-order valence-corrected chi connectivity index (χ1v) is 13.6. The number of aliphatic hydroxyl groups excluding tert-OH is 1. The molecule has 0 aromatic heterocycles. The summed E-state index contributed by atoms with van der Waals surface area (Å²) in [5.41, 5.74) is 1.68. The molecule has 0 fully saturated rings. The van der Waals surface area contributed by atoms with Crippen LogP contribution < -0.4 is 0 Å². The molecule has 0 spiro atoms. The van der Waals surface area contributed by atoms with Gasteiger partial charge in [0.05, 0.1) is 4.75 Å². The van der Waals surface area contributed by atoms with Gasteiger partial charge in [0.15, 0.2) is 0 Å². The van der Waals surface area contributed by atoms with Crippen LogP contribution in [0.5, 0.6) is 0 Å². The van der Waals surface area contributed by atoms with Crippen molar-refractivity contribution in [3.63, 3.8) is 0 Å². The highest BCUT2D eigenvalue weighted by atomic mass is 32.2. The third-order valence-corrected chi connectivity index (χ3v) is 7.86. The quantitative estimate of drug-likeness (QED) is 0.244. The Morgan fingerprint density at radius 1 is 0.774 bits per heavy atom. The lowest BCUT2D eigenvalue weighted by Gasteiger charge is -2.22. The topological polar surface area (TPSA) is 37.3 Å². The van der Waals surface area contributed by atoms with Crippen molar-refractivity contribution in [2.75, 3.05) is 0 Å². The van der Waals surface area contributed by atoms with Crippen molar-refractivity contribution in [3.05, 3.63) is 47.2 Å². The van der Waals surface area contributed by atoms with E-state index in [2.05, 4.69) is 6.92 Å². The molecule has 31 heavy (non-hydrogen) atoms. The van der Waals surface area contributed by atoms with E-state index in [0.717, 1.165) is 18.4 Å². The van der Waals surface area contributed by atoms with Gasteiger partial charge in [-0.15, -0.1) is 0 Å². The Labute approximate surface area is 195 Å². The van der Waals surface area contributed by atoms with Crippen molar-refractivity contribution in [1.29, 1.82) is 0 Å². The molecule has 0 saturated heterocycles. The van der Waals surface area contributed by atoms with Gasteiger partial charge >= 0.3 is 0 Å². The van der Waals surface area contributed by atoms with Gasteiger partial charge in [-0.3, -0.25) is 4.79 Å². The minimum Gasteiger partial charge on any atom is -0.510 e. The maximum Gasteiger partial charge on any atom is 0.220 e. The molecule has 0 amide bonds. The zero-order valence-electron chi connectivity index (χ0n) is 20.0. The second-order valence-electron chi connectivity index (χ2n) is 9.46. The molecule has 0 bridgehead atoms. The van der Waals surface area contributed by atoms with E-state index in [9.17, 15) is 9.90 Å². The summed E-state index contributed by atoms with van der Waals surface area (Å²) in [4.78, 5) is 12.5. The van der Waals surface area contributed by atoms with E-state index in [-0.39, 0.29) is 5.12 Å². The Bertz CT molecular complexity index is 667. The summed E-state index contributed by atoms with van der Waals surface area (Å²) >= 11 is 1.33. The maximum absolute atomic E-state index is 12.5. The van der Waals surface area contributed by atoms with E-state index in [1.807, 2.05) is 37.3 Å². The van der Waals surface area contributed by atoms with Crippen molar-refractivity contribution >= 4 is 16.9 Å². The molecule has 1 heterocycles. The zero-order chi connectivity index (χ0) is 22.4. The maximum atomic E-state index is 12.5. The average Bonchev–Trinajstić information content (AvgIpc) is 2.98. The molecule has 0 saturated carbocycles. The normalized spacial score (nSPS) is 18.8. The van der Waals surface area contributed by atoms with E-state index in [1.54, 1.807) is 0 Å². The average molecular weight is 445 g/mol. The van der Waals surface area contributed by atoms with Crippen LogP contribution in [0.2, 0.25) is 0 Å². The monoisotopic (exact) mass is 444 g/mol. The summed E-state index contributed by atoms with van der Waals surface area (Å²) in [5, 5.41) is 10.8. The highest BCUT2D eigenvalue weighted by Crippen LogP contribution is 2.46. The van der Waals surface area contributed by atoms with Gasteiger partial charge in [-0.1, -0.05) is 139 Å². The van der Waals surface area contributed by atoms with E-state index < -0.39 is 4.75 Å². The smallest absolute Gasteiger partial charge is 0.220 e. The van der Waals surface area contributed by atoms with Gasteiger partial charge in [0.2, 0.25) is 5.12 Å². The molecule has 1 unspecified atom stereocenters. The molecule has 174 valence electrons. The van der Waals surface area contributed by atoms with Gasteiger partial charge in [0.25, 0.3) is 0 Å². The lowest BCUT2D eigenvalue weighted by atomic mass is 9.94. The second kappa shape index (κ2) is 14.8. The number of hydrogen-bond donors (Lipinski definition) is 1. The first-order chi connectivity index (χ1) is 15.1. The Hall–Kier alpha value is -1.22. The number of benzene rings is 1. The molecule has 1 atom stereocenters. The molecule has 0 aliphatic carbocycles. The molecule has 1 aromatic carbocycles. The van der Waals surface area contributed by atoms with Crippen LogP contribution in [-0.4, -0.2) is 15.0 Å². The summed E-state index contributed by atoms with van der Waals surface area (Å²) in [7, 11) is 0. The van der Waals surface area contributed by atoms with Crippen LogP contribution in [-0.2, 0) is 11.2 Å². The van der Waals surface area contributed by atoms with Gasteiger partial charge in [0.1, 0.15) is 5.76 Å². The number of hydrogen-bond acceptors (Lipinski definition) is 3. The summed E-state index contributed by atoms with van der Waals surface area (Å²) in [6, 6.07) is 9.96. The number of carbonyl (C=O) groups excluding carboxylic acids is 1. The summed E-state index contributed by atoms with van der Waals surface area (Å²) in [6.07, 6.45) is 20.2. The Morgan fingerprint density at radius 3 is 1.77 bits per heavy atom. The summed E-state index contributed by atoms with van der Waals surface area (Å²) < 4.78 is -0.432. The van der Waals surface area contributed by atoms with Gasteiger partial charge in [-0.25, -0.2) is 0 Å². The third-order valence-electron chi connectivity index (χ3n) is 6.58. The summed E-state index contributed by atoms with van der Waals surface area (Å²) in [6.45, 7) is 4.31. The molecule has 0 radical (unpaired) electrons. The number of unbranched alkanes of at least 4 members (excludes halogenated alkanes) is 13. The zero-order valence-corrected chi connectivity index (χ0v) is 20.8. The fourth-order valence-corrected chi connectivity index (χ4v) is 5.68. The second-order valence-corrected chi connectivity index (χ2v) is 10.9. The van der Waals surface area contributed by atoms with Crippen LogP contribution in [0.25, 0.3) is 0 Å². The molecule has 3 heteroatoms. The molecule has 1 aromatic rings. The Morgan fingerprint density at radius 2 is 1.26 bits per heavy atom. The van der Waals surface area contributed by atoms with Crippen molar-refractivity contribution in [2.45, 2.75) is 121 Å². The van der Waals surface area contributed by atoms with E-state index in [1.165, 1.54) is 95.2 Å². The molecule has 1 N–H and O–H groups in total. The Balaban J connectivity index is 1.54. The van der Waals surface area contributed by atoms with Crippen molar-refractivity contribution < 1.29 is 9.90 Å². The molecule has 1 aliphatic heterocycles. The van der Waals surface area contributed by atoms with Crippen LogP contribution >= 0.6 is 11.8 Å². The van der Waals surface area contributed by atoms with Crippen LogP contribution in [0.1, 0.15) is 116 Å². The van der Waals surface area contributed by atoms with Crippen molar-refractivity contribution in [3.8, 4) is 0 Å². The summed E-state index contributed by atoms with van der Waals surface area (Å²) in [5.74, 6) is 0.320. The number of thioether (sulfide) groups is 1. The predicted octanol–water partition coefficient (Wildman–Crippen LogP) is 8.94. The fourth-order valence-electron chi connectivity index (χ4n) is 4.51. The van der Waals surface area contributed by atoms with Gasteiger partial charge < -0.3 is 5.11 Å². The minimum absolute atomic E-state index is 0.0502. The van der Waals surface area contributed by atoms with Gasteiger partial charge in [0, 0.05) is 12.0 Å². The fraction of sp³-hybridized carbons (Fsp3) is 0.679. The minimum atomic E-state index is -0.432. The Kier molecular flexibility index (Phi) is 12.4. The van der Waals surface area contributed by atoms with E-state index >= 15 is 0 Å². The first-order valence-electron chi connectivity index (χ1n) is 12.8. The lowest BCUT2D eigenvalue weighted by Crippen LogP contribution is -2.20. The molecular formula is C28H44O2S. The van der Waals surface area contributed by atoms with Crippen LogP contribution in [0, 0.1) is 0 Å². The SMILES string of the molecule is CCCCCCCCCCCCCCCCC1(C)SC(=O)C(Cc2ccccc2)=C1O. The molecular weight excluding hydrogens is 400 g/mol. The van der Waals surface area contributed by atoms with E-state index in [0.29, 0.717) is 17.8 Å². The standard InChI is InChI=1S/C28H44O2S/c1-3-4-5-6-7-8-9-10-11-12-13-14-15-19-22-28(2)26(29)25(27(30)31-28)23-24-20-17-16-18-21-24/h16-18,20-21,29H,3-15,19,22-23H2,1-2H3. The van der Waals surface area contributed by atoms with E-state index in [4.69, 9.17) is 0 Å².